The number of para-hydroxylation sites is 4. The number of likely N-dealkylation sites (N-methyl/N-ethyl adjacent to an activating group) is 4. The molecular weight excluding hydrogens is 868 g/mol. The summed E-state index contributed by atoms with van der Waals surface area (Å²) in [6, 6.07) is 43.6. The van der Waals surface area contributed by atoms with Gasteiger partial charge in [0.2, 0.25) is 0 Å². The molecule has 6 aliphatic rings. The lowest BCUT2D eigenvalue weighted by Crippen LogP contribution is -2.24. The van der Waals surface area contributed by atoms with Crippen LogP contribution in [0.3, 0.4) is 0 Å². The number of aromatic nitrogens is 4. The van der Waals surface area contributed by atoms with Gasteiger partial charge in [0.1, 0.15) is 0 Å². The minimum atomic E-state index is 0. The summed E-state index contributed by atoms with van der Waals surface area (Å²) in [5.74, 6) is 0. The normalized spacial score (nSPS) is 15.6. The number of hydrogen-bond donors (Lipinski definition) is 2. The highest BCUT2D eigenvalue weighted by atomic mass is 35.5. The van der Waals surface area contributed by atoms with Crippen LogP contribution in [0.15, 0.2) is 121 Å². The first-order valence-electron chi connectivity index (χ1n) is 23.5. The van der Waals surface area contributed by atoms with Gasteiger partial charge in [-0.2, -0.15) is 0 Å². The fourth-order valence-electron chi connectivity index (χ4n) is 11.3. The first-order chi connectivity index (χ1) is 33.3. The molecule has 8 bridgehead atoms. The van der Waals surface area contributed by atoms with Gasteiger partial charge in [0.15, 0.2) is 0 Å². The van der Waals surface area contributed by atoms with E-state index >= 15 is 0 Å². The van der Waals surface area contributed by atoms with E-state index in [1.807, 2.05) is 0 Å². The number of nitrogens with zero attached hydrogens (tertiary/aromatic N) is 6. The SMILES string of the molecule is CN1CC(c2c3nc(c(C4=Cc5ccccc5N(C)C4)c4ccc([nH]4)c(C4=Cc5ccccc5N(C)C4)c4nc(c(C5=Cc6ccccc6N(C)C5)c5ccc2[nH]5)C=C4)C=C3)=Cc2ccccc21.Cl. The maximum atomic E-state index is 5.69. The molecule has 9 heteroatoms. The van der Waals surface area contributed by atoms with Gasteiger partial charge < -0.3 is 29.6 Å². The van der Waals surface area contributed by atoms with Gasteiger partial charge >= 0.3 is 0 Å². The Hall–Kier alpha value is -8.07. The van der Waals surface area contributed by atoms with Crippen molar-refractivity contribution in [1.82, 2.24) is 19.9 Å². The van der Waals surface area contributed by atoms with Crippen LogP contribution in [0.1, 0.15) is 67.3 Å². The van der Waals surface area contributed by atoms with Gasteiger partial charge in [-0.05, 0) is 142 Å². The lowest BCUT2D eigenvalue weighted by Gasteiger charge is -2.28. The van der Waals surface area contributed by atoms with Crippen molar-refractivity contribution in [1.29, 1.82) is 0 Å². The maximum Gasteiger partial charge on any atom is 0.0734 e. The van der Waals surface area contributed by atoms with E-state index < -0.39 is 0 Å². The number of benzene rings is 4. The Kier molecular flexibility index (Phi) is 10.2. The summed E-state index contributed by atoms with van der Waals surface area (Å²) >= 11 is 0. The van der Waals surface area contributed by atoms with Crippen molar-refractivity contribution in [3.05, 3.63) is 189 Å². The van der Waals surface area contributed by atoms with Crippen LogP contribution >= 0.6 is 12.4 Å². The van der Waals surface area contributed by atoms with Crippen LogP contribution in [0.5, 0.6) is 0 Å². The largest absolute Gasteiger partial charge is 0.370 e. The van der Waals surface area contributed by atoms with Crippen molar-refractivity contribution in [2.45, 2.75) is 0 Å². The van der Waals surface area contributed by atoms with Crippen molar-refractivity contribution in [3.8, 4) is 0 Å². The van der Waals surface area contributed by atoms with Crippen molar-refractivity contribution in [2.75, 3.05) is 74.0 Å². The second-order valence-corrected chi connectivity index (χ2v) is 18.8. The molecule has 7 aromatic rings. The third-order valence-electron chi connectivity index (χ3n) is 14.4. The standard InChI is InChI=1S/C60H50N8.ClH/c1-65-33-41(29-37-13-5-9-17-53(37)65)57-45-21-23-47(61-45)58(42-30-38-14-6-10-18-54(38)66(2)34-42)49-25-27-51(63-49)60(44-32-40-16-8-12-20-56(40)68(4)36-44)52-28-26-50(64-52)59(48-24-22-46(57)62-48)43-31-39-15-7-11-19-55(39)67(3)35-43;/h5-32,61,64H,33-36H2,1-4H3;1H. The summed E-state index contributed by atoms with van der Waals surface area (Å²) in [5, 5.41) is 0. The number of nitrogens with one attached hydrogen (secondary N) is 2. The van der Waals surface area contributed by atoms with Gasteiger partial charge in [-0.3, -0.25) is 0 Å². The van der Waals surface area contributed by atoms with E-state index in [2.05, 4.69) is 228 Å². The van der Waals surface area contributed by atoms with Crippen LogP contribution in [0.2, 0.25) is 0 Å². The highest BCUT2D eigenvalue weighted by Crippen LogP contribution is 2.42. The second-order valence-electron chi connectivity index (χ2n) is 18.8. The number of aromatic amines is 2. The Labute approximate surface area is 408 Å². The third-order valence-corrected chi connectivity index (χ3v) is 14.4. The molecule has 0 saturated heterocycles. The minimum absolute atomic E-state index is 0. The molecular formula is C60H51ClN8. The number of hydrogen-bond acceptors (Lipinski definition) is 6. The van der Waals surface area contributed by atoms with Crippen molar-refractivity contribution < 1.29 is 0 Å². The molecule has 8 nitrogen and oxygen atoms in total. The number of H-pyrrole nitrogens is 2. The Bertz CT molecular complexity index is 3200. The van der Waals surface area contributed by atoms with Crippen LogP contribution in [0.25, 0.3) is 93.0 Å². The summed E-state index contributed by atoms with van der Waals surface area (Å²) in [6.45, 7) is 2.93. The van der Waals surface area contributed by atoms with Gasteiger partial charge in [0.25, 0.3) is 0 Å². The predicted octanol–water partition coefficient (Wildman–Crippen LogP) is 13.0. The summed E-state index contributed by atoms with van der Waals surface area (Å²) in [5.41, 5.74) is 26.6. The zero-order chi connectivity index (χ0) is 45.6. The maximum absolute atomic E-state index is 5.69. The van der Waals surface area contributed by atoms with Crippen LogP contribution < -0.4 is 19.6 Å². The second kappa shape index (κ2) is 16.6. The molecule has 3 aromatic heterocycles. The fourth-order valence-corrected chi connectivity index (χ4v) is 11.3. The van der Waals surface area contributed by atoms with Crippen molar-refractivity contribution >= 4 is 128 Å². The molecule has 13 rings (SSSR count). The molecule has 0 fully saturated rings. The van der Waals surface area contributed by atoms with Crippen LogP contribution in [0.4, 0.5) is 22.7 Å². The highest BCUT2D eigenvalue weighted by Gasteiger charge is 2.27. The smallest absolute Gasteiger partial charge is 0.0734 e. The van der Waals surface area contributed by atoms with Gasteiger partial charge in [0, 0.05) is 121 Å². The molecule has 0 saturated carbocycles. The quantitative estimate of drug-likeness (QED) is 0.183. The first-order valence-corrected chi connectivity index (χ1v) is 23.5. The molecule has 0 aliphatic carbocycles. The number of rotatable bonds is 4. The molecule has 0 amide bonds. The fraction of sp³-hybridized carbons (Fsp3) is 0.133. The molecule has 0 atom stereocenters. The Morgan fingerprint density at radius 1 is 0.333 bits per heavy atom. The molecule has 4 aromatic carbocycles. The summed E-state index contributed by atoms with van der Waals surface area (Å²) in [7, 11) is 8.74. The number of anilines is 4. The van der Waals surface area contributed by atoms with Gasteiger partial charge in [-0.1, -0.05) is 72.8 Å². The molecule has 9 heterocycles. The lowest BCUT2D eigenvalue weighted by molar-refractivity contribution is 1.03. The van der Waals surface area contributed by atoms with E-state index in [0.717, 1.165) is 93.3 Å². The summed E-state index contributed by atoms with van der Waals surface area (Å²) < 4.78 is 0. The molecule has 2 N–H and O–H groups in total. The van der Waals surface area contributed by atoms with E-state index in [9.17, 15) is 0 Å². The van der Waals surface area contributed by atoms with Crippen LogP contribution in [0, 0.1) is 0 Å². The molecule has 0 radical (unpaired) electrons. The third kappa shape index (κ3) is 7.13. The van der Waals surface area contributed by atoms with E-state index in [4.69, 9.17) is 9.97 Å². The Morgan fingerprint density at radius 2 is 0.565 bits per heavy atom. The van der Waals surface area contributed by atoms with E-state index in [0.29, 0.717) is 0 Å². The monoisotopic (exact) mass is 918 g/mol. The molecule has 69 heavy (non-hydrogen) atoms. The van der Waals surface area contributed by atoms with Gasteiger partial charge in [0.05, 0.1) is 22.8 Å². The highest BCUT2D eigenvalue weighted by molar-refractivity contribution is 6.05. The average molecular weight is 920 g/mol. The van der Waals surface area contributed by atoms with Gasteiger partial charge in [-0.15, -0.1) is 12.4 Å². The topological polar surface area (TPSA) is 70.3 Å². The zero-order valence-corrected chi connectivity index (χ0v) is 39.9. The lowest BCUT2D eigenvalue weighted by atomic mass is 9.96. The molecule has 6 aliphatic heterocycles. The molecule has 0 unspecified atom stereocenters. The van der Waals surface area contributed by atoms with Gasteiger partial charge in [-0.25, -0.2) is 9.97 Å². The Morgan fingerprint density at radius 3 is 0.812 bits per heavy atom. The summed E-state index contributed by atoms with van der Waals surface area (Å²) in [4.78, 5) is 28.8. The summed E-state index contributed by atoms with van der Waals surface area (Å²) in [6.07, 6.45) is 18.3. The zero-order valence-electron chi connectivity index (χ0n) is 39.1. The van der Waals surface area contributed by atoms with Crippen molar-refractivity contribution in [2.24, 2.45) is 0 Å². The van der Waals surface area contributed by atoms with E-state index in [1.54, 1.807) is 0 Å². The molecule has 0 spiro atoms. The molecule has 338 valence electrons. The van der Waals surface area contributed by atoms with Crippen LogP contribution in [-0.4, -0.2) is 74.3 Å². The minimum Gasteiger partial charge on any atom is -0.370 e. The Balaban J connectivity index is 0.00000492. The predicted molar refractivity (Wildman–Crippen MR) is 296 cm³/mol. The first kappa shape index (κ1) is 42.3. The van der Waals surface area contributed by atoms with E-state index in [1.165, 1.54) is 67.3 Å². The number of halogens is 1. The average Bonchev–Trinajstić information content (AvgIpc) is 4.21. The van der Waals surface area contributed by atoms with Crippen molar-refractivity contribution in [3.63, 3.8) is 0 Å². The number of fused-ring (bicyclic) bond motifs is 12. The van der Waals surface area contributed by atoms with Crippen LogP contribution in [-0.2, 0) is 0 Å². The van der Waals surface area contributed by atoms with E-state index in [-0.39, 0.29) is 12.4 Å².